The zero-order valence-electron chi connectivity index (χ0n) is 17.3. The Bertz CT molecular complexity index is 915. The molecule has 0 aliphatic heterocycles. The van der Waals surface area contributed by atoms with Crippen LogP contribution in [0.2, 0.25) is 0 Å². The van der Waals surface area contributed by atoms with E-state index in [-0.39, 0.29) is 5.91 Å². The van der Waals surface area contributed by atoms with Crippen LogP contribution in [0.3, 0.4) is 0 Å². The molecule has 2 aromatic carbocycles. The van der Waals surface area contributed by atoms with Gasteiger partial charge in [0.2, 0.25) is 0 Å². The van der Waals surface area contributed by atoms with Crippen LogP contribution in [0.4, 0.5) is 17.1 Å². The van der Waals surface area contributed by atoms with Gasteiger partial charge < -0.3 is 15.5 Å². The van der Waals surface area contributed by atoms with E-state index in [0.717, 1.165) is 30.2 Å². The van der Waals surface area contributed by atoms with E-state index in [1.807, 2.05) is 30.3 Å². The predicted octanol–water partition coefficient (Wildman–Crippen LogP) is 5.10. The molecule has 3 rings (SSSR count). The maximum absolute atomic E-state index is 12.5. The van der Waals surface area contributed by atoms with Crippen LogP contribution in [-0.4, -0.2) is 24.0 Å². The lowest BCUT2D eigenvalue weighted by Gasteiger charge is -2.21. The molecule has 1 amide bonds. The van der Waals surface area contributed by atoms with Crippen LogP contribution in [0, 0.1) is 6.92 Å². The van der Waals surface area contributed by atoms with Crippen molar-refractivity contribution in [3.05, 3.63) is 83.7 Å². The number of hydrogen-bond donors (Lipinski definition) is 2. The van der Waals surface area contributed by atoms with Gasteiger partial charge in [0.15, 0.2) is 0 Å². The molecule has 0 aliphatic rings. The normalized spacial score (nSPS) is 10.4. The summed E-state index contributed by atoms with van der Waals surface area (Å²) in [5.41, 5.74) is 5.62. The highest BCUT2D eigenvalue weighted by Gasteiger charge is 2.08. The van der Waals surface area contributed by atoms with Crippen molar-refractivity contribution in [1.29, 1.82) is 0 Å². The molecule has 0 saturated heterocycles. The summed E-state index contributed by atoms with van der Waals surface area (Å²) in [5.74, 6) is -0.217. The highest BCUT2D eigenvalue weighted by Crippen LogP contribution is 2.18. The molecule has 1 aromatic heterocycles. The van der Waals surface area contributed by atoms with Gasteiger partial charge in [-0.1, -0.05) is 29.8 Å². The Balaban J connectivity index is 1.56. The molecular formula is C24H28N4O. The molecule has 0 radical (unpaired) electrons. The second-order valence-corrected chi connectivity index (χ2v) is 6.94. The number of rotatable bonds is 8. The minimum atomic E-state index is -0.217. The Labute approximate surface area is 172 Å². The summed E-state index contributed by atoms with van der Waals surface area (Å²) in [4.78, 5) is 19.0. The van der Waals surface area contributed by atoms with E-state index in [1.54, 1.807) is 12.3 Å². The monoisotopic (exact) mass is 388 g/mol. The van der Waals surface area contributed by atoms with Crippen molar-refractivity contribution in [3.8, 4) is 0 Å². The number of pyridine rings is 1. The van der Waals surface area contributed by atoms with Gasteiger partial charge in [-0.2, -0.15) is 0 Å². The zero-order valence-corrected chi connectivity index (χ0v) is 17.3. The van der Waals surface area contributed by atoms with E-state index < -0.39 is 0 Å². The van der Waals surface area contributed by atoms with Gasteiger partial charge in [0.1, 0.15) is 5.69 Å². The standard InChI is InChI=1S/C24H28N4O/c1-4-28(5-2)22-13-10-20(11-14-22)27-24(29)23-15-12-21(17-26-23)25-16-19-8-6-18(3)7-9-19/h6-15,17,25H,4-5,16H2,1-3H3,(H,27,29). The third-order valence-corrected chi connectivity index (χ3v) is 4.87. The third kappa shape index (κ3) is 5.57. The van der Waals surface area contributed by atoms with Crippen molar-refractivity contribution >= 4 is 23.0 Å². The molecule has 0 aliphatic carbocycles. The number of nitrogens with zero attached hydrogens (tertiary/aromatic N) is 2. The van der Waals surface area contributed by atoms with Crippen LogP contribution < -0.4 is 15.5 Å². The molecule has 5 nitrogen and oxygen atoms in total. The number of hydrogen-bond acceptors (Lipinski definition) is 4. The average Bonchev–Trinajstić information content (AvgIpc) is 2.76. The number of anilines is 3. The molecule has 0 bridgehead atoms. The van der Waals surface area contributed by atoms with Gasteiger partial charge in [-0.15, -0.1) is 0 Å². The molecule has 0 atom stereocenters. The third-order valence-electron chi connectivity index (χ3n) is 4.87. The Morgan fingerprint density at radius 2 is 1.55 bits per heavy atom. The largest absolute Gasteiger partial charge is 0.380 e. The van der Waals surface area contributed by atoms with E-state index in [0.29, 0.717) is 12.2 Å². The summed E-state index contributed by atoms with van der Waals surface area (Å²) in [5, 5.41) is 6.23. The predicted molar refractivity (Wildman–Crippen MR) is 121 cm³/mol. The van der Waals surface area contributed by atoms with Gasteiger partial charge in [-0.05, 0) is 62.7 Å². The lowest BCUT2D eigenvalue weighted by molar-refractivity contribution is 0.102. The first-order valence-electron chi connectivity index (χ1n) is 10.0. The van der Waals surface area contributed by atoms with Crippen molar-refractivity contribution in [3.63, 3.8) is 0 Å². The Hall–Kier alpha value is -3.34. The maximum Gasteiger partial charge on any atom is 0.274 e. The average molecular weight is 389 g/mol. The number of carbonyl (C=O) groups is 1. The molecule has 0 spiro atoms. The van der Waals surface area contributed by atoms with Gasteiger partial charge in [0.25, 0.3) is 5.91 Å². The van der Waals surface area contributed by atoms with Crippen molar-refractivity contribution in [2.75, 3.05) is 28.6 Å². The molecule has 0 saturated carbocycles. The van der Waals surface area contributed by atoms with E-state index in [1.165, 1.54) is 11.1 Å². The number of aryl methyl sites for hydroxylation is 1. The van der Waals surface area contributed by atoms with Crippen molar-refractivity contribution < 1.29 is 4.79 Å². The molecule has 0 unspecified atom stereocenters. The smallest absolute Gasteiger partial charge is 0.274 e. The SMILES string of the molecule is CCN(CC)c1ccc(NC(=O)c2ccc(NCc3ccc(C)cc3)cn2)cc1. The summed E-state index contributed by atoms with van der Waals surface area (Å²) in [6, 6.07) is 19.9. The van der Waals surface area contributed by atoms with Gasteiger partial charge in [0, 0.05) is 31.0 Å². The molecule has 0 fully saturated rings. The van der Waals surface area contributed by atoms with Crippen LogP contribution in [0.15, 0.2) is 66.9 Å². The lowest BCUT2D eigenvalue weighted by Crippen LogP contribution is -2.21. The summed E-state index contributed by atoms with van der Waals surface area (Å²) >= 11 is 0. The lowest BCUT2D eigenvalue weighted by atomic mass is 10.1. The fourth-order valence-corrected chi connectivity index (χ4v) is 3.08. The fourth-order valence-electron chi connectivity index (χ4n) is 3.08. The van der Waals surface area contributed by atoms with Crippen LogP contribution in [0.1, 0.15) is 35.5 Å². The number of carbonyl (C=O) groups excluding carboxylic acids is 1. The maximum atomic E-state index is 12.5. The fraction of sp³-hybridized carbons (Fsp3) is 0.250. The number of benzene rings is 2. The Kier molecular flexibility index (Phi) is 6.85. The van der Waals surface area contributed by atoms with E-state index >= 15 is 0 Å². The van der Waals surface area contributed by atoms with Gasteiger partial charge in [-0.25, -0.2) is 4.98 Å². The summed E-state index contributed by atoms with van der Waals surface area (Å²) in [6.07, 6.45) is 1.69. The highest BCUT2D eigenvalue weighted by molar-refractivity contribution is 6.03. The molecule has 150 valence electrons. The second kappa shape index (κ2) is 9.73. The van der Waals surface area contributed by atoms with Crippen LogP contribution >= 0.6 is 0 Å². The van der Waals surface area contributed by atoms with Crippen LogP contribution in [0.25, 0.3) is 0 Å². The van der Waals surface area contributed by atoms with Crippen molar-refractivity contribution in [2.45, 2.75) is 27.3 Å². The van der Waals surface area contributed by atoms with E-state index in [9.17, 15) is 4.79 Å². The molecule has 3 aromatic rings. The number of amides is 1. The van der Waals surface area contributed by atoms with Gasteiger partial charge in [-0.3, -0.25) is 4.79 Å². The minimum absolute atomic E-state index is 0.217. The molecule has 1 heterocycles. The summed E-state index contributed by atoms with van der Waals surface area (Å²) < 4.78 is 0. The van der Waals surface area contributed by atoms with Gasteiger partial charge >= 0.3 is 0 Å². The van der Waals surface area contributed by atoms with Crippen molar-refractivity contribution in [2.24, 2.45) is 0 Å². The highest BCUT2D eigenvalue weighted by atomic mass is 16.1. The molecule has 2 N–H and O–H groups in total. The first-order valence-corrected chi connectivity index (χ1v) is 10.0. The van der Waals surface area contributed by atoms with Gasteiger partial charge in [0.05, 0.1) is 11.9 Å². The molecular weight excluding hydrogens is 360 g/mol. The summed E-state index contributed by atoms with van der Waals surface area (Å²) in [7, 11) is 0. The first-order chi connectivity index (χ1) is 14.1. The van der Waals surface area contributed by atoms with E-state index in [4.69, 9.17) is 0 Å². The molecule has 5 heteroatoms. The Morgan fingerprint density at radius 1 is 0.897 bits per heavy atom. The Morgan fingerprint density at radius 3 is 2.14 bits per heavy atom. The van der Waals surface area contributed by atoms with Crippen LogP contribution in [-0.2, 0) is 6.54 Å². The summed E-state index contributed by atoms with van der Waals surface area (Å²) in [6.45, 7) is 8.96. The zero-order chi connectivity index (χ0) is 20.6. The minimum Gasteiger partial charge on any atom is -0.380 e. The number of aromatic nitrogens is 1. The van der Waals surface area contributed by atoms with Crippen LogP contribution in [0.5, 0.6) is 0 Å². The topological polar surface area (TPSA) is 57.3 Å². The molecule has 29 heavy (non-hydrogen) atoms. The van der Waals surface area contributed by atoms with Crippen molar-refractivity contribution in [1.82, 2.24) is 4.98 Å². The van der Waals surface area contributed by atoms with E-state index in [2.05, 4.69) is 65.6 Å². The quantitative estimate of drug-likeness (QED) is 0.564. The second-order valence-electron chi connectivity index (χ2n) is 6.94. The number of nitrogens with one attached hydrogen (secondary N) is 2. The first kappa shape index (κ1) is 20.4.